The molecule has 0 bridgehead atoms. The zero-order valence-electron chi connectivity index (χ0n) is 7.94. The standard InChI is InChI=1S/C8H16F2N2O/c1-6(2)12-8(13)3-4-11-5-7(9)10/h6-7,11H,3-5H2,1-2H3,(H,12,13). The van der Waals surface area contributed by atoms with Crippen LogP contribution in [0.3, 0.4) is 0 Å². The molecule has 0 unspecified atom stereocenters. The molecule has 5 heteroatoms. The van der Waals surface area contributed by atoms with E-state index < -0.39 is 6.43 Å². The zero-order chi connectivity index (χ0) is 10.3. The van der Waals surface area contributed by atoms with Crippen LogP contribution in [0.15, 0.2) is 0 Å². The van der Waals surface area contributed by atoms with Gasteiger partial charge in [0, 0.05) is 19.0 Å². The van der Waals surface area contributed by atoms with Crippen LogP contribution in [-0.4, -0.2) is 31.5 Å². The van der Waals surface area contributed by atoms with Gasteiger partial charge in [0.2, 0.25) is 5.91 Å². The Morgan fingerprint density at radius 1 is 1.38 bits per heavy atom. The van der Waals surface area contributed by atoms with Crippen LogP contribution in [0.5, 0.6) is 0 Å². The van der Waals surface area contributed by atoms with Gasteiger partial charge in [-0.2, -0.15) is 0 Å². The number of amides is 1. The van der Waals surface area contributed by atoms with Crippen LogP contribution >= 0.6 is 0 Å². The molecule has 1 amide bonds. The molecule has 0 aromatic rings. The fourth-order valence-corrected chi connectivity index (χ4v) is 0.807. The van der Waals surface area contributed by atoms with Crippen LogP contribution in [0, 0.1) is 0 Å². The van der Waals surface area contributed by atoms with Gasteiger partial charge in [0.15, 0.2) is 0 Å². The first-order chi connectivity index (χ1) is 6.02. The lowest BCUT2D eigenvalue weighted by Crippen LogP contribution is -2.33. The summed E-state index contributed by atoms with van der Waals surface area (Å²) >= 11 is 0. The fraction of sp³-hybridized carbons (Fsp3) is 0.875. The van der Waals surface area contributed by atoms with Crippen LogP contribution in [0.1, 0.15) is 20.3 Å². The summed E-state index contributed by atoms with van der Waals surface area (Å²) in [5.41, 5.74) is 0. The minimum absolute atomic E-state index is 0.0996. The maximum atomic E-state index is 11.6. The molecule has 78 valence electrons. The minimum atomic E-state index is -2.35. The predicted molar refractivity (Wildman–Crippen MR) is 46.8 cm³/mol. The Morgan fingerprint density at radius 2 is 2.00 bits per heavy atom. The highest BCUT2D eigenvalue weighted by Crippen LogP contribution is 1.88. The van der Waals surface area contributed by atoms with E-state index in [0.717, 1.165) is 0 Å². The summed E-state index contributed by atoms with van der Waals surface area (Å²) in [4.78, 5) is 11.0. The van der Waals surface area contributed by atoms with Gasteiger partial charge in [-0.05, 0) is 13.8 Å². The topological polar surface area (TPSA) is 41.1 Å². The highest BCUT2D eigenvalue weighted by Gasteiger charge is 2.04. The van der Waals surface area contributed by atoms with E-state index >= 15 is 0 Å². The lowest BCUT2D eigenvalue weighted by Gasteiger charge is -2.08. The summed E-state index contributed by atoms with van der Waals surface area (Å²) in [6, 6.07) is 0.0996. The molecule has 0 aliphatic carbocycles. The average Bonchev–Trinajstić information content (AvgIpc) is 1.96. The largest absolute Gasteiger partial charge is 0.354 e. The van der Waals surface area contributed by atoms with Gasteiger partial charge in [-0.15, -0.1) is 0 Å². The van der Waals surface area contributed by atoms with Crippen molar-refractivity contribution in [3.63, 3.8) is 0 Å². The van der Waals surface area contributed by atoms with Crippen molar-refractivity contribution in [3.8, 4) is 0 Å². The molecule has 0 saturated carbocycles. The van der Waals surface area contributed by atoms with Gasteiger partial charge in [-0.25, -0.2) is 8.78 Å². The van der Waals surface area contributed by atoms with Crippen molar-refractivity contribution in [2.24, 2.45) is 0 Å². The third kappa shape index (κ3) is 9.20. The normalized spacial score (nSPS) is 10.9. The number of carbonyl (C=O) groups is 1. The molecule has 13 heavy (non-hydrogen) atoms. The lowest BCUT2D eigenvalue weighted by atomic mass is 10.3. The zero-order valence-corrected chi connectivity index (χ0v) is 7.94. The molecule has 0 radical (unpaired) electrons. The Bertz CT molecular complexity index is 151. The molecule has 0 saturated heterocycles. The van der Waals surface area contributed by atoms with E-state index in [1.165, 1.54) is 0 Å². The van der Waals surface area contributed by atoms with Gasteiger partial charge in [0.1, 0.15) is 0 Å². The Labute approximate surface area is 76.9 Å². The molecule has 0 atom stereocenters. The lowest BCUT2D eigenvalue weighted by molar-refractivity contribution is -0.121. The van der Waals surface area contributed by atoms with E-state index in [1.807, 2.05) is 13.8 Å². The van der Waals surface area contributed by atoms with E-state index in [-0.39, 0.29) is 24.9 Å². The van der Waals surface area contributed by atoms with Gasteiger partial charge in [0.25, 0.3) is 6.43 Å². The van der Waals surface area contributed by atoms with Gasteiger partial charge in [-0.3, -0.25) is 4.79 Å². The van der Waals surface area contributed by atoms with Crippen LogP contribution in [0.2, 0.25) is 0 Å². The Kier molecular flexibility index (Phi) is 6.40. The van der Waals surface area contributed by atoms with Crippen LogP contribution in [0.25, 0.3) is 0 Å². The number of rotatable bonds is 6. The first kappa shape index (κ1) is 12.3. The van der Waals surface area contributed by atoms with Crippen molar-refractivity contribution in [1.82, 2.24) is 10.6 Å². The van der Waals surface area contributed by atoms with Gasteiger partial charge < -0.3 is 10.6 Å². The Hall–Kier alpha value is -0.710. The molecular weight excluding hydrogens is 178 g/mol. The first-order valence-corrected chi connectivity index (χ1v) is 4.30. The van der Waals surface area contributed by atoms with Crippen molar-refractivity contribution in [1.29, 1.82) is 0 Å². The quantitative estimate of drug-likeness (QED) is 0.613. The minimum Gasteiger partial charge on any atom is -0.354 e. The van der Waals surface area contributed by atoms with Crippen LogP contribution < -0.4 is 10.6 Å². The Morgan fingerprint density at radius 3 is 2.46 bits per heavy atom. The second-order valence-corrected chi connectivity index (χ2v) is 3.07. The van der Waals surface area contributed by atoms with E-state index in [4.69, 9.17) is 0 Å². The van der Waals surface area contributed by atoms with E-state index in [2.05, 4.69) is 10.6 Å². The van der Waals surface area contributed by atoms with Gasteiger partial charge >= 0.3 is 0 Å². The number of hydrogen-bond acceptors (Lipinski definition) is 2. The van der Waals surface area contributed by atoms with E-state index in [0.29, 0.717) is 6.54 Å². The third-order valence-electron chi connectivity index (χ3n) is 1.28. The van der Waals surface area contributed by atoms with Crippen molar-refractivity contribution < 1.29 is 13.6 Å². The maximum Gasteiger partial charge on any atom is 0.250 e. The molecule has 0 heterocycles. The second-order valence-electron chi connectivity index (χ2n) is 3.07. The number of hydrogen-bond donors (Lipinski definition) is 2. The highest BCUT2D eigenvalue weighted by atomic mass is 19.3. The SMILES string of the molecule is CC(C)NC(=O)CCNCC(F)F. The summed E-state index contributed by atoms with van der Waals surface area (Å²) in [5, 5.41) is 5.14. The summed E-state index contributed by atoms with van der Waals surface area (Å²) in [7, 11) is 0. The number of carbonyl (C=O) groups excluding carboxylic acids is 1. The molecule has 0 aliphatic heterocycles. The fourth-order valence-electron chi connectivity index (χ4n) is 0.807. The molecule has 0 spiro atoms. The molecular formula is C8H16F2N2O. The van der Waals surface area contributed by atoms with Gasteiger partial charge in [-0.1, -0.05) is 0 Å². The summed E-state index contributed by atoms with van der Waals surface area (Å²) < 4.78 is 23.2. The van der Waals surface area contributed by atoms with E-state index in [9.17, 15) is 13.6 Å². The molecule has 3 nitrogen and oxygen atoms in total. The Balaban J connectivity index is 3.27. The van der Waals surface area contributed by atoms with Crippen molar-refractivity contribution in [3.05, 3.63) is 0 Å². The molecule has 0 fully saturated rings. The molecule has 0 aliphatic rings. The first-order valence-electron chi connectivity index (χ1n) is 4.30. The van der Waals surface area contributed by atoms with E-state index in [1.54, 1.807) is 0 Å². The monoisotopic (exact) mass is 194 g/mol. The highest BCUT2D eigenvalue weighted by molar-refractivity contribution is 5.76. The third-order valence-corrected chi connectivity index (χ3v) is 1.28. The van der Waals surface area contributed by atoms with Crippen molar-refractivity contribution in [2.75, 3.05) is 13.1 Å². The van der Waals surface area contributed by atoms with Crippen LogP contribution in [-0.2, 0) is 4.79 Å². The van der Waals surface area contributed by atoms with Crippen molar-refractivity contribution in [2.45, 2.75) is 32.7 Å². The summed E-state index contributed by atoms with van der Waals surface area (Å²) in [6.45, 7) is 3.65. The molecule has 2 N–H and O–H groups in total. The number of halogens is 2. The summed E-state index contributed by atoms with van der Waals surface area (Å²) in [6.07, 6.45) is -2.11. The second kappa shape index (κ2) is 6.77. The molecule has 0 aromatic carbocycles. The molecule has 0 rings (SSSR count). The molecule has 0 aromatic heterocycles. The van der Waals surface area contributed by atoms with Crippen LogP contribution in [0.4, 0.5) is 8.78 Å². The maximum absolute atomic E-state index is 11.6. The number of nitrogens with one attached hydrogen (secondary N) is 2. The van der Waals surface area contributed by atoms with Crippen molar-refractivity contribution >= 4 is 5.91 Å². The number of alkyl halides is 2. The van der Waals surface area contributed by atoms with Gasteiger partial charge in [0.05, 0.1) is 6.54 Å². The summed E-state index contributed by atoms with van der Waals surface area (Å²) in [5.74, 6) is -0.114. The average molecular weight is 194 g/mol. The smallest absolute Gasteiger partial charge is 0.250 e. The predicted octanol–water partition coefficient (Wildman–Crippen LogP) is 0.756.